The van der Waals surface area contributed by atoms with Gasteiger partial charge >= 0.3 is 0 Å². The lowest BCUT2D eigenvalue weighted by Crippen LogP contribution is -2.37. The highest BCUT2D eigenvalue weighted by Crippen LogP contribution is 2.25. The molecule has 1 aliphatic carbocycles. The van der Waals surface area contributed by atoms with E-state index in [0.29, 0.717) is 6.04 Å². The second kappa shape index (κ2) is 6.48. The quantitative estimate of drug-likeness (QED) is 0.874. The summed E-state index contributed by atoms with van der Waals surface area (Å²) in [6.07, 6.45) is 4.71. The summed E-state index contributed by atoms with van der Waals surface area (Å²) in [5.74, 6) is 0.127. The Kier molecular flexibility index (Phi) is 4.44. The van der Waals surface area contributed by atoms with E-state index in [4.69, 9.17) is 0 Å². The summed E-state index contributed by atoms with van der Waals surface area (Å²) in [5.41, 5.74) is 0.978. The minimum absolute atomic E-state index is 0.112. The summed E-state index contributed by atoms with van der Waals surface area (Å²) in [6, 6.07) is 12.5. The van der Waals surface area contributed by atoms with E-state index in [2.05, 4.69) is 16.4 Å². The first kappa shape index (κ1) is 14.4. The van der Waals surface area contributed by atoms with Crippen molar-refractivity contribution in [2.24, 2.45) is 0 Å². The molecule has 1 aliphatic rings. The minimum Gasteiger partial charge on any atom is -0.352 e. The number of aromatic nitrogens is 1. The van der Waals surface area contributed by atoms with E-state index in [1.807, 2.05) is 37.3 Å². The van der Waals surface area contributed by atoms with E-state index in [-0.39, 0.29) is 11.2 Å². The summed E-state index contributed by atoms with van der Waals surface area (Å²) in [5, 5.41) is 5.07. The number of hydrogen-bond donors (Lipinski definition) is 1. The SMILES string of the molecule is C[C@H](Sc1ccc2ccccc2n1)C(=O)NC1CCCC1. The van der Waals surface area contributed by atoms with Crippen molar-refractivity contribution < 1.29 is 4.79 Å². The number of thioether (sulfide) groups is 1. The zero-order valence-electron chi connectivity index (χ0n) is 12.2. The van der Waals surface area contributed by atoms with Gasteiger partial charge < -0.3 is 5.32 Å². The van der Waals surface area contributed by atoms with Crippen molar-refractivity contribution in [3.8, 4) is 0 Å². The zero-order valence-corrected chi connectivity index (χ0v) is 13.0. The number of para-hydroxylation sites is 1. The fraction of sp³-hybridized carbons (Fsp3) is 0.412. The topological polar surface area (TPSA) is 42.0 Å². The number of rotatable bonds is 4. The van der Waals surface area contributed by atoms with Gasteiger partial charge in [0.2, 0.25) is 5.91 Å². The van der Waals surface area contributed by atoms with Gasteiger partial charge in [0.05, 0.1) is 15.8 Å². The molecule has 3 rings (SSSR count). The molecule has 0 bridgehead atoms. The number of nitrogens with zero attached hydrogens (tertiary/aromatic N) is 1. The maximum atomic E-state index is 12.2. The van der Waals surface area contributed by atoms with E-state index >= 15 is 0 Å². The number of carbonyl (C=O) groups excluding carboxylic acids is 1. The largest absolute Gasteiger partial charge is 0.352 e. The van der Waals surface area contributed by atoms with Crippen LogP contribution in [0, 0.1) is 0 Å². The smallest absolute Gasteiger partial charge is 0.233 e. The fourth-order valence-corrected chi connectivity index (χ4v) is 3.57. The molecule has 1 amide bonds. The van der Waals surface area contributed by atoms with E-state index in [9.17, 15) is 4.79 Å². The number of pyridine rings is 1. The second-order valence-electron chi connectivity index (χ2n) is 5.59. The molecule has 0 unspecified atom stereocenters. The zero-order chi connectivity index (χ0) is 14.7. The summed E-state index contributed by atoms with van der Waals surface area (Å²) >= 11 is 1.53. The molecule has 1 heterocycles. The van der Waals surface area contributed by atoms with Gasteiger partial charge in [0.15, 0.2) is 0 Å². The molecule has 21 heavy (non-hydrogen) atoms. The normalized spacial score (nSPS) is 17.0. The molecule has 1 aromatic carbocycles. The van der Waals surface area contributed by atoms with Gasteiger partial charge in [-0.1, -0.05) is 48.9 Å². The number of hydrogen-bond acceptors (Lipinski definition) is 3. The molecule has 0 aliphatic heterocycles. The van der Waals surface area contributed by atoms with E-state index in [0.717, 1.165) is 28.8 Å². The van der Waals surface area contributed by atoms with Crippen LogP contribution in [0.4, 0.5) is 0 Å². The van der Waals surface area contributed by atoms with Crippen LogP contribution >= 0.6 is 11.8 Å². The molecule has 1 atom stereocenters. The number of fused-ring (bicyclic) bond motifs is 1. The molecule has 1 N–H and O–H groups in total. The van der Waals surface area contributed by atoms with Crippen LogP contribution in [-0.2, 0) is 4.79 Å². The van der Waals surface area contributed by atoms with Crippen LogP contribution in [-0.4, -0.2) is 22.2 Å². The number of amides is 1. The van der Waals surface area contributed by atoms with Crippen LogP contribution < -0.4 is 5.32 Å². The van der Waals surface area contributed by atoms with Crippen molar-refractivity contribution in [2.75, 3.05) is 0 Å². The number of benzene rings is 1. The Balaban J connectivity index is 1.64. The monoisotopic (exact) mass is 300 g/mol. The molecule has 1 aromatic heterocycles. The second-order valence-corrected chi connectivity index (χ2v) is 6.95. The van der Waals surface area contributed by atoms with Crippen molar-refractivity contribution in [3.63, 3.8) is 0 Å². The Morgan fingerprint density at radius 1 is 1.24 bits per heavy atom. The lowest BCUT2D eigenvalue weighted by molar-refractivity contribution is -0.120. The van der Waals surface area contributed by atoms with Crippen LogP contribution in [0.3, 0.4) is 0 Å². The van der Waals surface area contributed by atoms with E-state index in [1.165, 1.54) is 24.6 Å². The highest BCUT2D eigenvalue weighted by molar-refractivity contribution is 8.00. The third-order valence-electron chi connectivity index (χ3n) is 3.94. The third-order valence-corrected chi connectivity index (χ3v) is 4.98. The van der Waals surface area contributed by atoms with E-state index < -0.39 is 0 Å². The Morgan fingerprint density at radius 3 is 2.81 bits per heavy atom. The fourth-order valence-electron chi connectivity index (χ4n) is 2.74. The van der Waals surface area contributed by atoms with Crippen LogP contribution in [0.1, 0.15) is 32.6 Å². The van der Waals surface area contributed by atoms with Crippen molar-refractivity contribution in [1.82, 2.24) is 10.3 Å². The van der Waals surface area contributed by atoms with Gasteiger partial charge in [-0.3, -0.25) is 4.79 Å². The maximum Gasteiger partial charge on any atom is 0.233 e. The van der Waals surface area contributed by atoms with Crippen molar-refractivity contribution >= 4 is 28.6 Å². The average molecular weight is 300 g/mol. The van der Waals surface area contributed by atoms with Crippen LogP contribution in [0.2, 0.25) is 0 Å². The Bertz CT molecular complexity index is 637. The average Bonchev–Trinajstić information content (AvgIpc) is 3.00. The van der Waals surface area contributed by atoms with Crippen LogP contribution in [0.15, 0.2) is 41.4 Å². The molecular formula is C17H20N2OS. The summed E-state index contributed by atoms with van der Waals surface area (Å²) in [6.45, 7) is 1.95. The molecule has 0 spiro atoms. The lowest BCUT2D eigenvalue weighted by atomic mass is 10.2. The number of nitrogens with one attached hydrogen (secondary N) is 1. The first-order chi connectivity index (χ1) is 10.2. The Hall–Kier alpha value is -1.55. The van der Waals surface area contributed by atoms with Crippen molar-refractivity contribution in [2.45, 2.75) is 48.9 Å². The maximum absolute atomic E-state index is 12.2. The van der Waals surface area contributed by atoms with E-state index in [1.54, 1.807) is 0 Å². The third kappa shape index (κ3) is 3.56. The molecule has 1 fully saturated rings. The van der Waals surface area contributed by atoms with Gasteiger partial charge in [-0.15, -0.1) is 0 Å². The predicted octanol–water partition coefficient (Wildman–Crippen LogP) is 3.77. The molecule has 1 saturated carbocycles. The predicted molar refractivity (Wildman–Crippen MR) is 87.5 cm³/mol. The summed E-state index contributed by atoms with van der Waals surface area (Å²) < 4.78 is 0. The van der Waals surface area contributed by atoms with Gasteiger partial charge in [-0.05, 0) is 31.9 Å². The van der Waals surface area contributed by atoms with Gasteiger partial charge in [0.1, 0.15) is 0 Å². The molecule has 0 radical (unpaired) electrons. The Morgan fingerprint density at radius 2 is 2.00 bits per heavy atom. The van der Waals surface area contributed by atoms with Crippen molar-refractivity contribution in [3.05, 3.63) is 36.4 Å². The first-order valence-corrected chi connectivity index (χ1v) is 8.43. The summed E-state index contributed by atoms with van der Waals surface area (Å²) in [7, 11) is 0. The summed E-state index contributed by atoms with van der Waals surface area (Å²) in [4.78, 5) is 16.8. The molecule has 110 valence electrons. The molecule has 3 nitrogen and oxygen atoms in total. The lowest BCUT2D eigenvalue weighted by Gasteiger charge is -2.16. The standard InChI is InChI=1S/C17H20N2OS/c1-12(17(20)18-14-7-3-4-8-14)21-16-11-10-13-6-2-5-9-15(13)19-16/h2,5-6,9-12,14H,3-4,7-8H2,1H3,(H,18,20)/t12-/m0/s1. The van der Waals surface area contributed by atoms with Crippen molar-refractivity contribution in [1.29, 1.82) is 0 Å². The van der Waals surface area contributed by atoms with Crippen LogP contribution in [0.5, 0.6) is 0 Å². The van der Waals surface area contributed by atoms with Gasteiger partial charge in [-0.2, -0.15) is 0 Å². The highest BCUT2D eigenvalue weighted by atomic mass is 32.2. The molecular weight excluding hydrogens is 280 g/mol. The first-order valence-electron chi connectivity index (χ1n) is 7.55. The molecule has 4 heteroatoms. The Labute approximate surface area is 129 Å². The number of carbonyl (C=O) groups is 1. The molecule has 0 saturated heterocycles. The minimum atomic E-state index is -0.112. The van der Waals surface area contributed by atoms with Gasteiger partial charge in [0, 0.05) is 11.4 Å². The van der Waals surface area contributed by atoms with Crippen LogP contribution in [0.25, 0.3) is 10.9 Å². The van der Waals surface area contributed by atoms with Gasteiger partial charge in [0.25, 0.3) is 0 Å². The highest BCUT2D eigenvalue weighted by Gasteiger charge is 2.21. The van der Waals surface area contributed by atoms with Gasteiger partial charge in [-0.25, -0.2) is 4.98 Å². The molecule has 2 aromatic rings.